The summed E-state index contributed by atoms with van der Waals surface area (Å²) in [4.78, 5) is 32.9. The lowest BCUT2D eigenvalue weighted by Gasteiger charge is -2.32. The average Bonchev–Trinajstić information content (AvgIpc) is 3.16. The van der Waals surface area contributed by atoms with E-state index in [1.54, 1.807) is 4.90 Å². The lowest BCUT2D eigenvalue weighted by atomic mass is 9.77. The molecule has 2 aliphatic rings. The topological polar surface area (TPSA) is 75.8 Å². The Balaban J connectivity index is 1.32. The molecule has 1 saturated carbocycles. The Morgan fingerprint density at radius 1 is 1.05 bits per heavy atom. The minimum atomic E-state index is -0.681. The van der Waals surface area contributed by atoms with Gasteiger partial charge in [-0.05, 0) is 47.8 Å². The molecule has 2 N–H and O–H groups in total. The molecule has 1 aliphatic heterocycles. The number of hydrogen-bond donors (Lipinski definition) is 1. The average molecular weight is 516 g/mol. The van der Waals surface area contributed by atoms with Gasteiger partial charge in [-0.1, -0.05) is 113 Å². The van der Waals surface area contributed by atoms with Gasteiger partial charge in [0.15, 0.2) is 5.96 Å². The van der Waals surface area contributed by atoms with Crippen LogP contribution in [0, 0.1) is 5.92 Å². The predicted molar refractivity (Wildman–Crippen MR) is 155 cm³/mol. The SMILES string of the molecule is CCCCC1(CC2CCCCC2)N=C(N)N(Cc2ccc(CCC(=O)CC(C)c3ccccc3)cc2)C1=O. The smallest absolute Gasteiger partial charge is 0.257 e. The lowest BCUT2D eigenvalue weighted by Crippen LogP contribution is -2.45. The minimum absolute atomic E-state index is 0.0798. The monoisotopic (exact) mass is 515 g/mol. The second-order valence-electron chi connectivity index (χ2n) is 11.6. The van der Waals surface area contributed by atoms with Crippen LogP contribution < -0.4 is 5.73 Å². The lowest BCUT2D eigenvalue weighted by molar-refractivity contribution is -0.132. The van der Waals surface area contributed by atoms with Crippen LogP contribution in [0.15, 0.2) is 59.6 Å². The third-order valence-corrected chi connectivity index (χ3v) is 8.50. The standard InChI is InChI=1S/C33H45N3O2/c1-3-4-21-33(23-27-11-7-5-8-12-27)31(38)36(32(34)35-33)24-28-17-15-26(16-18-28)19-20-30(37)22-25(2)29-13-9-6-10-14-29/h6,9-10,13-18,25,27H,3-5,7-8,11-12,19-24H2,1-2H3,(H2,34,35). The number of ketones is 1. The highest BCUT2D eigenvalue weighted by Crippen LogP contribution is 2.39. The largest absolute Gasteiger partial charge is 0.369 e. The number of unbranched alkanes of at least 4 members (excludes halogenated alkanes) is 1. The fourth-order valence-corrected chi connectivity index (χ4v) is 6.19. The van der Waals surface area contributed by atoms with Crippen LogP contribution in [0.5, 0.6) is 0 Å². The molecule has 1 fully saturated rings. The molecule has 0 radical (unpaired) electrons. The van der Waals surface area contributed by atoms with Gasteiger partial charge in [0, 0.05) is 12.8 Å². The highest BCUT2D eigenvalue weighted by molar-refractivity contribution is 6.06. The van der Waals surface area contributed by atoms with Crippen LogP contribution in [0.2, 0.25) is 0 Å². The summed E-state index contributed by atoms with van der Waals surface area (Å²) in [7, 11) is 0. The minimum Gasteiger partial charge on any atom is -0.369 e. The third kappa shape index (κ3) is 7.12. The first-order chi connectivity index (χ1) is 18.4. The van der Waals surface area contributed by atoms with Crippen LogP contribution in [0.25, 0.3) is 0 Å². The number of hydrogen-bond acceptors (Lipinski definition) is 4. The summed E-state index contributed by atoms with van der Waals surface area (Å²) in [5.41, 5.74) is 9.08. The van der Waals surface area contributed by atoms with Crippen molar-refractivity contribution < 1.29 is 9.59 Å². The molecule has 38 heavy (non-hydrogen) atoms. The summed E-state index contributed by atoms with van der Waals surface area (Å²) < 4.78 is 0. The number of carbonyl (C=O) groups is 2. The van der Waals surface area contributed by atoms with E-state index in [0.717, 1.165) is 43.2 Å². The fourth-order valence-electron chi connectivity index (χ4n) is 6.19. The maximum Gasteiger partial charge on any atom is 0.257 e. The maximum absolute atomic E-state index is 13.8. The molecule has 2 aromatic rings. The Bertz CT molecular complexity index is 1090. The third-order valence-electron chi connectivity index (χ3n) is 8.50. The zero-order valence-corrected chi connectivity index (χ0v) is 23.3. The van der Waals surface area contributed by atoms with Crippen molar-refractivity contribution in [2.75, 3.05) is 0 Å². The molecule has 1 heterocycles. The molecule has 0 saturated heterocycles. The predicted octanol–water partition coefficient (Wildman–Crippen LogP) is 6.94. The van der Waals surface area contributed by atoms with Gasteiger partial charge in [0.2, 0.25) is 0 Å². The molecule has 204 valence electrons. The second kappa shape index (κ2) is 13.2. The summed E-state index contributed by atoms with van der Waals surface area (Å²) in [5, 5.41) is 0. The number of nitrogens with zero attached hydrogens (tertiary/aromatic N) is 2. The van der Waals surface area contributed by atoms with Crippen molar-refractivity contribution in [1.82, 2.24) is 4.90 Å². The fraction of sp³-hybridized carbons (Fsp3) is 0.545. The van der Waals surface area contributed by atoms with E-state index in [4.69, 9.17) is 10.7 Å². The summed E-state index contributed by atoms with van der Waals surface area (Å²) in [5.74, 6) is 1.54. The molecule has 5 nitrogen and oxygen atoms in total. The van der Waals surface area contributed by atoms with Gasteiger partial charge in [0.25, 0.3) is 5.91 Å². The van der Waals surface area contributed by atoms with Crippen LogP contribution in [-0.4, -0.2) is 28.1 Å². The summed E-state index contributed by atoms with van der Waals surface area (Å²) >= 11 is 0. The number of carbonyl (C=O) groups excluding carboxylic acids is 2. The van der Waals surface area contributed by atoms with Crippen LogP contribution in [-0.2, 0) is 22.6 Å². The molecule has 1 aliphatic carbocycles. The van der Waals surface area contributed by atoms with Gasteiger partial charge in [0.05, 0.1) is 6.54 Å². The molecule has 0 aromatic heterocycles. The number of nitrogens with two attached hydrogens (primary N) is 1. The van der Waals surface area contributed by atoms with E-state index in [1.165, 1.54) is 37.7 Å². The van der Waals surface area contributed by atoms with E-state index in [2.05, 4.69) is 50.2 Å². The Morgan fingerprint density at radius 3 is 2.42 bits per heavy atom. The van der Waals surface area contributed by atoms with Gasteiger partial charge in [-0.2, -0.15) is 0 Å². The van der Waals surface area contributed by atoms with E-state index in [1.807, 2.05) is 18.2 Å². The van der Waals surface area contributed by atoms with Crippen molar-refractivity contribution >= 4 is 17.6 Å². The molecule has 0 spiro atoms. The zero-order chi connectivity index (χ0) is 27.0. The van der Waals surface area contributed by atoms with E-state index in [-0.39, 0.29) is 11.8 Å². The summed E-state index contributed by atoms with van der Waals surface area (Å²) in [6, 6.07) is 18.5. The summed E-state index contributed by atoms with van der Waals surface area (Å²) in [6.45, 7) is 4.72. The number of aliphatic imine (C=N–C) groups is 1. The van der Waals surface area contributed by atoms with Crippen LogP contribution in [0.3, 0.4) is 0 Å². The van der Waals surface area contributed by atoms with Crippen LogP contribution in [0.4, 0.5) is 0 Å². The second-order valence-corrected chi connectivity index (χ2v) is 11.6. The number of amides is 1. The first-order valence-electron chi connectivity index (χ1n) is 14.7. The van der Waals surface area contributed by atoms with Gasteiger partial charge in [-0.15, -0.1) is 0 Å². The van der Waals surface area contributed by atoms with Gasteiger partial charge < -0.3 is 5.73 Å². The van der Waals surface area contributed by atoms with Gasteiger partial charge in [0.1, 0.15) is 11.3 Å². The van der Waals surface area contributed by atoms with Crippen molar-refractivity contribution in [2.45, 2.75) is 109 Å². The number of Topliss-reactive ketones (excluding diaryl/α,β-unsaturated/α-hetero) is 1. The Hall–Kier alpha value is -2.95. The van der Waals surface area contributed by atoms with E-state index >= 15 is 0 Å². The molecular formula is C33H45N3O2. The van der Waals surface area contributed by atoms with Crippen molar-refractivity contribution in [2.24, 2.45) is 16.6 Å². The molecule has 4 rings (SSSR count). The van der Waals surface area contributed by atoms with Crippen LogP contribution in [0.1, 0.15) is 107 Å². The maximum atomic E-state index is 13.8. The summed E-state index contributed by atoms with van der Waals surface area (Å²) in [6.07, 6.45) is 11.7. The quantitative estimate of drug-likeness (QED) is 0.314. The molecule has 2 atom stereocenters. The van der Waals surface area contributed by atoms with E-state index in [9.17, 15) is 9.59 Å². The highest BCUT2D eigenvalue weighted by Gasteiger charge is 2.48. The number of guanidine groups is 1. The first kappa shape index (κ1) is 28.1. The van der Waals surface area contributed by atoms with Gasteiger partial charge >= 0.3 is 0 Å². The highest BCUT2D eigenvalue weighted by atomic mass is 16.2. The number of rotatable bonds is 13. The Labute approximate surface area is 228 Å². The number of benzene rings is 2. The van der Waals surface area contributed by atoms with Gasteiger partial charge in [-0.25, -0.2) is 4.99 Å². The van der Waals surface area contributed by atoms with E-state index < -0.39 is 5.54 Å². The molecular weight excluding hydrogens is 470 g/mol. The molecule has 5 heteroatoms. The van der Waals surface area contributed by atoms with Crippen molar-refractivity contribution in [3.63, 3.8) is 0 Å². The molecule has 2 unspecified atom stereocenters. The van der Waals surface area contributed by atoms with Gasteiger partial charge in [-0.3, -0.25) is 14.5 Å². The first-order valence-corrected chi connectivity index (χ1v) is 14.7. The van der Waals surface area contributed by atoms with Crippen molar-refractivity contribution in [3.05, 3.63) is 71.3 Å². The van der Waals surface area contributed by atoms with Crippen molar-refractivity contribution in [1.29, 1.82) is 0 Å². The molecule has 1 amide bonds. The van der Waals surface area contributed by atoms with Crippen molar-refractivity contribution in [3.8, 4) is 0 Å². The zero-order valence-electron chi connectivity index (χ0n) is 23.3. The number of aryl methyl sites for hydroxylation is 1. The molecule has 0 bridgehead atoms. The van der Waals surface area contributed by atoms with E-state index in [0.29, 0.717) is 37.0 Å². The normalized spacial score (nSPS) is 20.9. The van der Waals surface area contributed by atoms with Crippen LogP contribution >= 0.6 is 0 Å². The Morgan fingerprint density at radius 2 is 1.74 bits per heavy atom. The molecule has 2 aromatic carbocycles. The Kier molecular flexibility index (Phi) is 9.76.